The average molecular weight is 321 g/mol. The van der Waals surface area contributed by atoms with Gasteiger partial charge in [0, 0.05) is 33.2 Å². The Morgan fingerprint density at radius 2 is 2.14 bits per heavy atom. The lowest BCUT2D eigenvalue weighted by molar-refractivity contribution is 0.536. The molecule has 2 rings (SSSR count). The van der Waals surface area contributed by atoms with Crippen molar-refractivity contribution in [3.8, 4) is 11.5 Å². The third kappa shape index (κ3) is 1.76. The van der Waals surface area contributed by atoms with Crippen LogP contribution in [0.2, 0.25) is 5.02 Å². The monoisotopic (exact) mass is 320 g/mol. The minimum Gasteiger partial charge on any atom is -0.412 e. The second kappa shape index (κ2) is 3.86. The summed E-state index contributed by atoms with van der Waals surface area (Å²) < 4.78 is 5.84. The largest absolute Gasteiger partial charge is 0.412 e. The number of halogens is 2. The molecule has 5 heteroatoms. The second-order valence-corrected chi connectivity index (χ2v) is 4.10. The predicted molar refractivity (Wildman–Crippen MR) is 62.2 cm³/mol. The van der Waals surface area contributed by atoms with Gasteiger partial charge in [-0.25, -0.2) is 0 Å². The van der Waals surface area contributed by atoms with Crippen LogP contribution in [0.4, 0.5) is 0 Å². The second-order valence-electron chi connectivity index (χ2n) is 2.77. The van der Waals surface area contributed by atoms with Crippen LogP contribution in [0.15, 0.2) is 22.6 Å². The van der Waals surface area contributed by atoms with Crippen LogP contribution in [-0.2, 0) is 0 Å². The highest BCUT2D eigenvalue weighted by Gasteiger charge is 2.10. The van der Waals surface area contributed by atoms with Gasteiger partial charge >= 0.3 is 0 Å². The molecule has 72 valence electrons. The Kier molecular flexibility index (Phi) is 2.73. The molecule has 0 aliphatic rings. The van der Waals surface area contributed by atoms with E-state index in [0.29, 0.717) is 14.8 Å². The topological polar surface area (TPSA) is 38.9 Å². The highest BCUT2D eigenvalue weighted by atomic mass is 127. The lowest BCUT2D eigenvalue weighted by Crippen LogP contribution is -1.84. The Bertz CT molecular complexity index is 470. The van der Waals surface area contributed by atoms with Crippen LogP contribution < -0.4 is 0 Å². The molecule has 1 heterocycles. The van der Waals surface area contributed by atoms with E-state index in [1.54, 1.807) is 0 Å². The van der Waals surface area contributed by atoms with Crippen molar-refractivity contribution in [3.63, 3.8) is 0 Å². The van der Waals surface area contributed by atoms with Crippen LogP contribution in [0.1, 0.15) is 5.56 Å². The van der Waals surface area contributed by atoms with Crippen LogP contribution in [0.3, 0.4) is 0 Å². The van der Waals surface area contributed by atoms with E-state index in [4.69, 9.17) is 16.0 Å². The molecule has 0 N–H and O–H groups in total. The molecule has 2 aromatic rings. The molecule has 0 spiro atoms. The Morgan fingerprint density at radius 1 is 1.36 bits per heavy atom. The standard InChI is InChI=1S/C9H6ClIN2O/c1-5-6(3-2-4-7(5)10)8-12-13-9(11)14-8/h2-4H,1H3. The summed E-state index contributed by atoms with van der Waals surface area (Å²) in [4.78, 5) is 0. The fraction of sp³-hybridized carbons (Fsp3) is 0.111. The SMILES string of the molecule is Cc1c(Cl)cccc1-c1nnc(I)o1. The van der Waals surface area contributed by atoms with E-state index in [0.717, 1.165) is 11.1 Å². The minimum atomic E-state index is 0.509. The zero-order valence-electron chi connectivity index (χ0n) is 7.29. The molecule has 14 heavy (non-hydrogen) atoms. The van der Waals surface area contributed by atoms with Crippen LogP contribution >= 0.6 is 34.2 Å². The Morgan fingerprint density at radius 3 is 2.79 bits per heavy atom. The van der Waals surface area contributed by atoms with E-state index < -0.39 is 0 Å². The van der Waals surface area contributed by atoms with Gasteiger partial charge in [0.05, 0.1) is 0 Å². The van der Waals surface area contributed by atoms with Gasteiger partial charge in [-0.15, -0.1) is 10.2 Å². The minimum absolute atomic E-state index is 0.509. The molecule has 1 aromatic carbocycles. The van der Waals surface area contributed by atoms with Gasteiger partial charge in [-0.2, -0.15) is 0 Å². The molecule has 0 bridgehead atoms. The first kappa shape index (κ1) is 9.92. The molecular weight excluding hydrogens is 314 g/mol. The summed E-state index contributed by atoms with van der Waals surface area (Å²) in [6, 6.07) is 5.61. The molecule has 0 saturated heterocycles. The molecule has 0 amide bonds. The van der Waals surface area contributed by atoms with Crippen molar-refractivity contribution in [1.82, 2.24) is 10.2 Å². The first-order valence-corrected chi connectivity index (χ1v) is 5.38. The van der Waals surface area contributed by atoms with Gasteiger partial charge in [-0.1, -0.05) is 17.7 Å². The van der Waals surface area contributed by atoms with Crippen molar-refractivity contribution in [3.05, 3.63) is 32.7 Å². The molecule has 0 aliphatic heterocycles. The molecule has 0 fully saturated rings. The first-order chi connectivity index (χ1) is 6.68. The van der Waals surface area contributed by atoms with Crippen molar-refractivity contribution in [2.24, 2.45) is 0 Å². The summed E-state index contributed by atoms with van der Waals surface area (Å²) in [6.07, 6.45) is 0. The third-order valence-corrected chi connectivity index (χ3v) is 2.74. The maximum atomic E-state index is 5.98. The number of benzene rings is 1. The van der Waals surface area contributed by atoms with Gasteiger partial charge in [0.25, 0.3) is 3.90 Å². The molecule has 0 unspecified atom stereocenters. The van der Waals surface area contributed by atoms with Crippen molar-refractivity contribution < 1.29 is 4.42 Å². The Labute approximate surface area is 99.6 Å². The molecule has 0 aliphatic carbocycles. The number of hydrogen-bond donors (Lipinski definition) is 0. The van der Waals surface area contributed by atoms with Crippen LogP contribution in [0.5, 0.6) is 0 Å². The van der Waals surface area contributed by atoms with Crippen LogP contribution in [-0.4, -0.2) is 10.2 Å². The van der Waals surface area contributed by atoms with E-state index in [1.807, 2.05) is 47.7 Å². The van der Waals surface area contributed by atoms with Crippen molar-refractivity contribution >= 4 is 34.2 Å². The molecule has 0 saturated carbocycles. The number of rotatable bonds is 1. The smallest absolute Gasteiger partial charge is 0.278 e. The van der Waals surface area contributed by atoms with E-state index in [1.165, 1.54) is 0 Å². The molecule has 3 nitrogen and oxygen atoms in total. The predicted octanol–water partition coefficient (Wildman–Crippen LogP) is 3.30. The average Bonchev–Trinajstić information content (AvgIpc) is 2.57. The quantitative estimate of drug-likeness (QED) is 0.757. The number of aromatic nitrogens is 2. The van der Waals surface area contributed by atoms with Crippen molar-refractivity contribution in [1.29, 1.82) is 0 Å². The van der Waals surface area contributed by atoms with Crippen molar-refractivity contribution in [2.75, 3.05) is 0 Å². The molecule has 0 radical (unpaired) electrons. The van der Waals surface area contributed by atoms with Gasteiger partial charge in [0.15, 0.2) is 0 Å². The summed E-state index contributed by atoms with van der Waals surface area (Å²) in [7, 11) is 0. The van der Waals surface area contributed by atoms with Crippen LogP contribution in [0.25, 0.3) is 11.5 Å². The fourth-order valence-electron chi connectivity index (χ4n) is 1.15. The fourth-order valence-corrected chi connectivity index (χ4v) is 1.64. The summed E-state index contributed by atoms with van der Waals surface area (Å²) in [5.41, 5.74) is 1.84. The summed E-state index contributed by atoms with van der Waals surface area (Å²) in [6.45, 7) is 1.93. The number of nitrogens with zero attached hydrogens (tertiary/aromatic N) is 2. The maximum Gasteiger partial charge on any atom is 0.278 e. The van der Waals surface area contributed by atoms with Crippen molar-refractivity contribution in [2.45, 2.75) is 6.92 Å². The van der Waals surface area contributed by atoms with Gasteiger partial charge in [0.2, 0.25) is 5.89 Å². The first-order valence-electron chi connectivity index (χ1n) is 3.93. The zero-order chi connectivity index (χ0) is 10.1. The Hall–Kier alpha value is -0.620. The Balaban J connectivity index is 2.57. The van der Waals surface area contributed by atoms with Crippen LogP contribution in [0, 0.1) is 10.8 Å². The van der Waals surface area contributed by atoms with E-state index >= 15 is 0 Å². The molecule has 0 atom stereocenters. The summed E-state index contributed by atoms with van der Waals surface area (Å²) in [5.74, 6) is 0.509. The van der Waals surface area contributed by atoms with Gasteiger partial charge in [-0.3, -0.25) is 0 Å². The highest BCUT2D eigenvalue weighted by Crippen LogP contribution is 2.27. The van der Waals surface area contributed by atoms with E-state index in [2.05, 4.69) is 10.2 Å². The molecular formula is C9H6ClIN2O. The number of hydrogen-bond acceptors (Lipinski definition) is 3. The van der Waals surface area contributed by atoms with E-state index in [-0.39, 0.29) is 0 Å². The van der Waals surface area contributed by atoms with Gasteiger partial charge in [0.1, 0.15) is 0 Å². The lowest BCUT2D eigenvalue weighted by Gasteiger charge is -2.01. The highest BCUT2D eigenvalue weighted by molar-refractivity contribution is 14.1. The van der Waals surface area contributed by atoms with Gasteiger partial charge in [-0.05, 0) is 24.6 Å². The zero-order valence-corrected chi connectivity index (χ0v) is 10.2. The third-order valence-electron chi connectivity index (χ3n) is 1.90. The van der Waals surface area contributed by atoms with E-state index in [9.17, 15) is 0 Å². The summed E-state index contributed by atoms with van der Waals surface area (Å²) >= 11 is 7.95. The lowest BCUT2D eigenvalue weighted by atomic mass is 10.1. The maximum absolute atomic E-state index is 5.98. The molecule has 1 aromatic heterocycles. The van der Waals surface area contributed by atoms with Gasteiger partial charge < -0.3 is 4.42 Å². The summed E-state index contributed by atoms with van der Waals surface area (Å²) in [5, 5.41) is 8.40. The normalized spacial score (nSPS) is 10.5.